The van der Waals surface area contributed by atoms with Crippen LogP contribution in [0.5, 0.6) is 5.75 Å². The molecular formula is C10H12FNO. The maximum atomic E-state index is 13.2. The monoisotopic (exact) mass is 181 g/mol. The number of nitrogen functional groups attached to an aromatic ring is 1. The van der Waals surface area contributed by atoms with Crippen LogP contribution < -0.4 is 10.5 Å². The van der Waals surface area contributed by atoms with Crippen molar-refractivity contribution in [2.75, 3.05) is 5.73 Å². The number of halogens is 1. The molecule has 70 valence electrons. The highest BCUT2D eigenvalue weighted by Crippen LogP contribution is 2.27. The zero-order chi connectivity index (χ0) is 9.26. The summed E-state index contributed by atoms with van der Waals surface area (Å²) in [6.07, 6.45) is 3.45. The second-order valence-corrected chi connectivity index (χ2v) is 3.36. The zero-order valence-electron chi connectivity index (χ0n) is 7.29. The number of anilines is 1. The molecule has 0 heterocycles. The zero-order valence-corrected chi connectivity index (χ0v) is 7.29. The van der Waals surface area contributed by atoms with Gasteiger partial charge < -0.3 is 10.5 Å². The van der Waals surface area contributed by atoms with E-state index in [0.717, 1.165) is 12.8 Å². The van der Waals surface area contributed by atoms with Crippen LogP contribution in [0.4, 0.5) is 10.1 Å². The molecule has 2 rings (SSSR count). The standard InChI is InChI=1S/C10H12FNO/c11-9-6-7(12)4-5-10(9)13-8-2-1-3-8/h4-6,8H,1-3,12H2. The van der Waals surface area contributed by atoms with Crippen LogP contribution in [-0.2, 0) is 0 Å². The van der Waals surface area contributed by atoms with Gasteiger partial charge in [0.15, 0.2) is 11.6 Å². The molecule has 2 N–H and O–H groups in total. The van der Waals surface area contributed by atoms with Crippen molar-refractivity contribution in [3.8, 4) is 5.75 Å². The smallest absolute Gasteiger partial charge is 0.167 e. The summed E-state index contributed by atoms with van der Waals surface area (Å²) >= 11 is 0. The summed E-state index contributed by atoms with van der Waals surface area (Å²) in [6, 6.07) is 4.52. The fourth-order valence-corrected chi connectivity index (χ4v) is 1.28. The Morgan fingerprint density at radius 1 is 1.38 bits per heavy atom. The van der Waals surface area contributed by atoms with Gasteiger partial charge in [0.2, 0.25) is 0 Å². The number of hydrogen-bond acceptors (Lipinski definition) is 2. The average Bonchev–Trinajstić information content (AvgIpc) is 1.99. The van der Waals surface area contributed by atoms with Gasteiger partial charge in [-0.25, -0.2) is 4.39 Å². The van der Waals surface area contributed by atoms with Gasteiger partial charge in [0, 0.05) is 11.8 Å². The van der Waals surface area contributed by atoms with E-state index < -0.39 is 0 Å². The lowest BCUT2D eigenvalue weighted by atomic mass is 9.96. The first-order valence-corrected chi connectivity index (χ1v) is 4.47. The molecule has 0 saturated heterocycles. The van der Waals surface area contributed by atoms with Crippen LogP contribution in [0.1, 0.15) is 19.3 Å². The maximum absolute atomic E-state index is 13.2. The fourth-order valence-electron chi connectivity index (χ4n) is 1.28. The SMILES string of the molecule is Nc1ccc(OC2CCC2)c(F)c1. The van der Waals surface area contributed by atoms with E-state index in [4.69, 9.17) is 10.5 Å². The minimum absolute atomic E-state index is 0.207. The van der Waals surface area contributed by atoms with Crippen molar-refractivity contribution < 1.29 is 9.13 Å². The Bertz CT molecular complexity index is 310. The lowest BCUT2D eigenvalue weighted by Gasteiger charge is -2.26. The van der Waals surface area contributed by atoms with Crippen LogP contribution in [0.15, 0.2) is 18.2 Å². The molecule has 0 radical (unpaired) electrons. The van der Waals surface area contributed by atoms with Crippen LogP contribution in [-0.4, -0.2) is 6.10 Å². The third-order valence-corrected chi connectivity index (χ3v) is 2.30. The molecule has 0 atom stereocenters. The average molecular weight is 181 g/mol. The van der Waals surface area contributed by atoms with E-state index in [1.165, 1.54) is 12.5 Å². The predicted octanol–water partition coefficient (Wildman–Crippen LogP) is 2.34. The number of rotatable bonds is 2. The van der Waals surface area contributed by atoms with Crippen LogP contribution in [0.3, 0.4) is 0 Å². The third kappa shape index (κ3) is 1.74. The van der Waals surface area contributed by atoms with Gasteiger partial charge in [-0.15, -0.1) is 0 Å². The van der Waals surface area contributed by atoms with Gasteiger partial charge in [-0.3, -0.25) is 0 Å². The third-order valence-electron chi connectivity index (χ3n) is 2.30. The number of nitrogens with two attached hydrogens (primary N) is 1. The topological polar surface area (TPSA) is 35.2 Å². The Labute approximate surface area is 76.5 Å². The number of hydrogen-bond donors (Lipinski definition) is 1. The van der Waals surface area contributed by atoms with Crippen molar-refractivity contribution in [2.45, 2.75) is 25.4 Å². The Balaban J connectivity index is 2.10. The van der Waals surface area contributed by atoms with Crippen LogP contribution >= 0.6 is 0 Å². The lowest BCUT2D eigenvalue weighted by Crippen LogP contribution is -2.24. The van der Waals surface area contributed by atoms with Crippen molar-refractivity contribution in [1.82, 2.24) is 0 Å². The van der Waals surface area contributed by atoms with Gasteiger partial charge in [-0.2, -0.15) is 0 Å². The van der Waals surface area contributed by atoms with Crippen molar-refractivity contribution in [1.29, 1.82) is 0 Å². The molecule has 1 aliphatic rings. The van der Waals surface area contributed by atoms with Crippen molar-refractivity contribution in [2.24, 2.45) is 0 Å². The molecule has 1 aromatic carbocycles. The Morgan fingerprint density at radius 3 is 2.69 bits per heavy atom. The molecule has 0 aromatic heterocycles. The maximum Gasteiger partial charge on any atom is 0.167 e. The van der Waals surface area contributed by atoms with E-state index in [2.05, 4.69) is 0 Å². The minimum Gasteiger partial charge on any atom is -0.487 e. The molecule has 1 aliphatic carbocycles. The summed E-state index contributed by atoms with van der Waals surface area (Å²) in [5, 5.41) is 0. The molecule has 1 aromatic rings. The summed E-state index contributed by atoms with van der Waals surface area (Å²) in [5.41, 5.74) is 5.84. The molecule has 1 saturated carbocycles. The summed E-state index contributed by atoms with van der Waals surface area (Å²) in [6.45, 7) is 0. The van der Waals surface area contributed by atoms with E-state index >= 15 is 0 Å². The highest BCUT2D eigenvalue weighted by Gasteiger charge is 2.20. The van der Waals surface area contributed by atoms with Crippen molar-refractivity contribution >= 4 is 5.69 Å². The first-order chi connectivity index (χ1) is 6.25. The van der Waals surface area contributed by atoms with Gasteiger partial charge in [0.05, 0.1) is 6.10 Å². The van der Waals surface area contributed by atoms with Crippen LogP contribution in [0.2, 0.25) is 0 Å². The quantitative estimate of drug-likeness (QED) is 0.711. The molecule has 1 fully saturated rings. The molecule has 3 heteroatoms. The summed E-state index contributed by atoms with van der Waals surface area (Å²) < 4.78 is 18.6. The summed E-state index contributed by atoms with van der Waals surface area (Å²) in [4.78, 5) is 0. The number of ether oxygens (including phenoxy) is 1. The molecule has 0 amide bonds. The number of benzene rings is 1. The summed E-state index contributed by atoms with van der Waals surface area (Å²) in [7, 11) is 0. The lowest BCUT2D eigenvalue weighted by molar-refractivity contribution is 0.115. The predicted molar refractivity (Wildman–Crippen MR) is 49.1 cm³/mol. The molecule has 0 aliphatic heterocycles. The molecule has 13 heavy (non-hydrogen) atoms. The summed E-state index contributed by atoms with van der Waals surface area (Å²) in [5.74, 6) is -0.0502. The van der Waals surface area contributed by atoms with E-state index in [9.17, 15) is 4.39 Å². The van der Waals surface area contributed by atoms with Crippen molar-refractivity contribution in [3.05, 3.63) is 24.0 Å². The Hall–Kier alpha value is -1.25. The van der Waals surface area contributed by atoms with Gasteiger partial charge in [0.25, 0.3) is 0 Å². The largest absolute Gasteiger partial charge is 0.487 e. The fraction of sp³-hybridized carbons (Fsp3) is 0.400. The van der Waals surface area contributed by atoms with Crippen LogP contribution in [0, 0.1) is 5.82 Å². The second kappa shape index (κ2) is 3.24. The normalized spacial score (nSPS) is 16.7. The second-order valence-electron chi connectivity index (χ2n) is 3.36. The van der Waals surface area contributed by atoms with E-state index in [0.29, 0.717) is 11.4 Å². The van der Waals surface area contributed by atoms with Crippen LogP contribution in [0.25, 0.3) is 0 Å². The molecule has 0 spiro atoms. The molecular weight excluding hydrogens is 169 g/mol. The first kappa shape index (κ1) is 8.35. The van der Waals surface area contributed by atoms with Gasteiger partial charge in [0.1, 0.15) is 0 Å². The molecule has 0 unspecified atom stereocenters. The van der Waals surface area contributed by atoms with Gasteiger partial charge in [-0.05, 0) is 31.4 Å². The Morgan fingerprint density at radius 2 is 2.15 bits per heavy atom. The van der Waals surface area contributed by atoms with E-state index in [-0.39, 0.29) is 11.9 Å². The van der Waals surface area contributed by atoms with E-state index in [1.54, 1.807) is 12.1 Å². The Kier molecular flexibility index (Phi) is 2.08. The molecule has 2 nitrogen and oxygen atoms in total. The highest BCUT2D eigenvalue weighted by molar-refractivity contribution is 5.42. The van der Waals surface area contributed by atoms with Gasteiger partial charge in [-0.1, -0.05) is 0 Å². The highest BCUT2D eigenvalue weighted by atomic mass is 19.1. The molecule has 0 bridgehead atoms. The first-order valence-electron chi connectivity index (χ1n) is 4.47. The minimum atomic E-state index is -0.369. The van der Waals surface area contributed by atoms with E-state index in [1.807, 2.05) is 0 Å². The van der Waals surface area contributed by atoms with Gasteiger partial charge >= 0.3 is 0 Å². The van der Waals surface area contributed by atoms with Crippen molar-refractivity contribution in [3.63, 3.8) is 0 Å².